The maximum absolute atomic E-state index is 11.6. The monoisotopic (exact) mass is 246 g/mol. The minimum atomic E-state index is -0.534. The second-order valence-electron chi connectivity index (χ2n) is 3.50. The fourth-order valence-corrected chi connectivity index (χ4v) is 1.69. The Balaban J connectivity index is 2.60. The van der Waals surface area contributed by atoms with Crippen molar-refractivity contribution in [1.29, 1.82) is 0 Å². The van der Waals surface area contributed by atoms with E-state index < -0.39 is 10.9 Å². The van der Waals surface area contributed by atoms with Crippen molar-refractivity contribution in [1.82, 2.24) is 4.57 Å². The first-order chi connectivity index (χ1) is 8.65. The minimum absolute atomic E-state index is 0.105. The van der Waals surface area contributed by atoms with Crippen LogP contribution in [-0.2, 0) is 4.74 Å². The van der Waals surface area contributed by atoms with Crippen molar-refractivity contribution in [3.8, 4) is 5.69 Å². The normalized spacial score (nSPS) is 10.1. The molecule has 0 spiro atoms. The number of esters is 1. The van der Waals surface area contributed by atoms with Gasteiger partial charge in [-0.25, -0.2) is 4.79 Å². The van der Waals surface area contributed by atoms with Crippen LogP contribution in [0.3, 0.4) is 0 Å². The molecule has 0 saturated heterocycles. The molecule has 0 saturated carbocycles. The summed E-state index contributed by atoms with van der Waals surface area (Å²) < 4.78 is 5.99. The zero-order valence-electron chi connectivity index (χ0n) is 9.57. The van der Waals surface area contributed by atoms with Crippen molar-refractivity contribution >= 4 is 11.8 Å². The molecule has 0 atom stereocenters. The van der Waals surface area contributed by atoms with Crippen LogP contribution in [0.15, 0.2) is 42.6 Å². The number of para-hydroxylation sites is 1. The molecule has 0 radical (unpaired) electrons. The number of benzene rings is 1. The molecule has 0 aliphatic carbocycles. The van der Waals surface area contributed by atoms with E-state index in [4.69, 9.17) is 0 Å². The molecule has 1 aromatic carbocycles. The Morgan fingerprint density at radius 2 is 2.00 bits per heavy atom. The highest BCUT2D eigenvalue weighted by atomic mass is 16.6. The summed E-state index contributed by atoms with van der Waals surface area (Å²) in [5, 5.41) is 10.9. The number of ether oxygens (including phenoxy) is 1. The molecule has 18 heavy (non-hydrogen) atoms. The minimum Gasteiger partial charge on any atom is -0.465 e. The Morgan fingerprint density at radius 1 is 1.28 bits per heavy atom. The molecule has 0 amide bonds. The topological polar surface area (TPSA) is 74.4 Å². The molecular formula is C12H10N2O4. The van der Waals surface area contributed by atoms with Crippen molar-refractivity contribution in [3.63, 3.8) is 0 Å². The van der Waals surface area contributed by atoms with Gasteiger partial charge in [0.05, 0.1) is 13.3 Å². The van der Waals surface area contributed by atoms with Gasteiger partial charge >= 0.3 is 11.8 Å². The lowest BCUT2D eigenvalue weighted by Crippen LogP contribution is -2.08. The summed E-state index contributed by atoms with van der Waals surface area (Å²) in [7, 11) is 1.27. The highest BCUT2D eigenvalue weighted by Gasteiger charge is 2.20. The van der Waals surface area contributed by atoms with Gasteiger partial charge in [0.1, 0.15) is 11.3 Å². The summed E-state index contributed by atoms with van der Waals surface area (Å²) in [5.41, 5.74) is 0.695. The number of hydrogen-bond donors (Lipinski definition) is 0. The number of aromatic nitrogens is 1. The standard InChI is InChI=1S/C12H10N2O4/c1-18-12(15)9-5-2-3-6-10(9)13-8-4-7-11(13)14(16)17/h2-8H,1H3. The van der Waals surface area contributed by atoms with Gasteiger partial charge in [0, 0.05) is 6.07 Å². The highest BCUT2D eigenvalue weighted by Crippen LogP contribution is 2.22. The van der Waals surface area contributed by atoms with Crippen molar-refractivity contribution in [2.24, 2.45) is 0 Å². The zero-order valence-corrected chi connectivity index (χ0v) is 9.57. The second kappa shape index (κ2) is 4.70. The number of nitro groups is 1. The van der Waals surface area contributed by atoms with Crippen molar-refractivity contribution in [2.75, 3.05) is 7.11 Å². The maximum atomic E-state index is 11.6. The third-order valence-corrected chi connectivity index (χ3v) is 2.48. The third kappa shape index (κ3) is 1.95. The number of nitrogens with zero attached hydrogens (tertiary/aromatic N) is 2. The predicted octanol–water partition coefficient (Wildman–Crippen LogP) is 2.17. The van der Waals surface area contributed by atoms with E-state index in [0.717, 1.165) is 0 Å². The molecule has 1 aromatic heterocycles. The van der Waals surface area contributed by atoms with Crippen molar-refractivity contribution in [3.05, 3.63) is 58.3 Å². The van der Waals surface area contributed by atoms with Crippen LogP contribution in [-0.4, -0.2) is 22.6 Å². The van der Waals surface area contributed by atoms with Crippen molar-refractivity contribution < 1.29 is 14.5 Å². The zero-order chi connectivity index (χ0) is 13.1. The largest absolute Gasteiger partial charge is 0.465 e. The fraction of sp³-hybridized carbons (Fsp3) is 0.0833. The lowest BCUT2D eigenvalue weighted by atomic mass is 10.2. The first-order valence-electron chi connectivity index (χ1n) is 5.14. The lowest BCUT2D eigenvalue weighted by molar-refractivity contribution is -0.390. The summed E-state index contributed by atoms with van der Waals surface area (Å²) in [6, 6.07) is 9.47. The Hall–Kier alpha value is -2.63. The average molecular weight is 246 g/mol. The SMILES string of the molecule is COC(=O)c1ccccc1-n1cccc1[N+](=O)[O-]. The molecule has 6 heteroatoms. The van der Waals surface area contributed by atoms with Crippen LogP contribution in [0.1, 0.15) is 10.4 Å². The Morgan fingerprint density at radius 3 is 2.67 bits per heavy atom. The van der Waals surface area contributed by atoms with Gasteiger partial charge in [-0.2, -0.15) is 4.57 Å². The summed E-state index contributed by atoms with van der Waals surface area (Å²) in [4.78, 5) is 22.0. The van der Waals surface area contributed by atoms with E-state index in [2.05, 4.69) is 4.74 Å². The van der Waals surface area contributed by atoms with E-state index in [1.165, 1.54) is 23.9 Å². The molecular weight excluding hydrogens is 236 g/mol. The molecule has 0 N–H and O–H groups in total. The lowest BCUT2D eigenvalue weighted by Gasteiger charge is -2.06. The molecule has 92 valence electrons. The number of hydrogen-bond acceptors (Lipinski definition) is 4. The first kappa shape index (κ1) is 11.8. The first-order valence-corrected chi connectivity index (χ1v) is 5.14. The van der Waals surface area contributed by atoms with E-state index in [1.54, 1.807) is 30.3 Å². The van der Waals surface area contributed by atoms with Crippen LogP contribution in [0, 0.1) is 10.1 Å². The average Bonchev–Trinajstić information content (AvgIpc) is 2.87. The molecule has 0 aliphatic rings. The maximum Gasteiger partial charge on any atom is 0.342 e. The van der Waals surface area contributed by atoms with Crippen LogP contribution < -0.4 is 0 Å². The molecule has 0 fully saturated rings. The molecule has 2 aromatic rings. The molecule has 0 unspecified atom stereocenters. The van der Waals surface area contributed by atoms with Gasteiger partial charge in [-0.3, -0.25) is 0 Å². The van der Waals surface area contributed by atoms with E-state index in [-0.39, 0.29) is 11.4 Å². The number of carbonyl (C=O) groups is 1. The smallest absolute Gasteiger partial charge is 0.342 e. The quantitative estimate of drug-likeness (QED) is 0.472. The predicted molar refractivity (Wildman–Crippen MR) is 63.8 cm³/mol. The Kier molecular flexibility index (Phi) is 3.09. The van der Waals surface area contributed by atoms with Crippen LogP contribution in [0.5, 0.6) is 0 Å². The van der Waals surface area contributed by atoms with Crippen molar-refractivity contribution in [2.45, 2.75) is 0 Å². The number of methoxy groups -OCH3 is 1. The van der Waals surface area contributed by atoms with Gasteiger partial charge in [0.15, 0.2) is 0 Å². The van der Waals surface area contributed by atoms with Crippen LogP contribution in [0.4, 0.5) is 5.82 Å². The van der Waals surface area contributed by atoms with E-state index in [1.807, 2.05) is 0 Å². The summed E-state index contributed by atoms with van der Waals surface area (Å²) in [6.45, 7) is 0. The molecule has 0 aliphatic heterocycles. The molecule has 2 rings (SSSR count). The Labute approximate surface area is 103 Å². The van der Waals surface area contributed by atoms with E-state index in [9.17, 15) is 14.9 Å². The molecule has 1 heterocycles. The fourth-order valence-electron chi connectivity index (χ4n) is 1.69. The van der Waals surface area contributed by atoms with Gasteiger partial charge < -0.3 is 14.9 Å². The molecule has 6 nitrogen and oxygen atoms in total. The summed E-state index contributed by atoms with van der Waals surface area (Å²) in [6.07, 6.45) is 1.53. The number of carbonyl (C=O) groups excluding carboxylic acids is 1. The van der Waals surface area contributed by atoms with Crippen LogP contribution in [0.2, 0.25) is 0 Å². The summed E-state index contributed by atoms with van der Waals surface area (Å²) >= 11 is 0. The van der Waals surface area contributed by atoms with Crippen LogP contribution >= 0.6 is 0 Å². The van der Waals surface area contributed by atoms with Gasteiger partial charge in [-0.15, -0.1) is 0 Å². The third-order valence-electron chi connectivity index (χ3n) is 2.48. The summed E-state index contributed by atoms with van der Waals surface area (Å²) in [5.74, 6) is -0.639. The highest BCUT2D eigenvalue weighted by molar-refractivity contribution is 5.93. The number of rotatable bonds is 3. The molecule has 0 bridgehead atoms. The van der Waals surface area contributed by atoms with Gasteiger partial charge in [-0.1, -0.05) is 12.1 Å². The Bertz CT molecular complexity index is 604. The van der Waals surface area contributed by atoms with Gasteiger partial charge in [-0.05, 0) is 23.1 Å². The van der Waals surface area contributed by atoms with E-state index in [0.29, 0.717) is 5.69 Å². The van der Waals surface area contributed by atoms with Gasteiger partial charge in [0.25, 0.3) is 0 Å². The van der Waals surface area contributed by atoms with E-state index >= 15 is 0 Å². The van der Waals surface area contributed by atoms with Gasteiger partial charge in [0.2, 0.25) is 0 Å². The second-order valence-corrected chi connectivity index (χ2v) is 3.50. The van der Waals surface area contributed by atoms with Crippen LogP contribution in [0.25, 0.3) is 5.69 Å².